The van der Waals surface area contributed by atoms with Gasteiger partial charge in [0.15, 0.2) is 0 Å². The molecule has 0 heterocycles. The fraction of sp³-hybridized carbons (Fsp3) is 0.143. The summed E-state index contributed by atoms with van der Waals surface area (Å²) in [6.07, 6.45) is 0. The second-order valence-corrected chi connectivity index (χ2v) is 5.62. The monoisotopic (exact) mass is 362 g/mol. The van der Waals surface area contributed by atoms with Gasteiger partial charge < -0.3 is 4.74 Å². The summed E-state index contributed by atoms with van der Waals surface area (Å²) in [5, 5.41) is 0.897. The molecule has 0 fully saturated rings. The highest BCUT2D eigenvalue weighted by atomic mass is 79.9. The van der Waals surface area contributed by atoms with Crippen molar-refractivity contribution in [2.24, 2.45) is 0 Å². The standard InChI is InChI=1S/C14H10BrCl2FO/c1-19-13-7-10(16)9(6-11(13)17)14(15)8-4-2-3-5-12(8)18/h2-7,14H,1H3. The first-order valence-electron chi connectivity index (χ1n) is 5.46. The van der Waals surface area contributed by atoms with Crippen molar-refractivity contribution < 1.29 is 9.13 Å². The Morgan fingerprint density at radius 3 is 2.42 bits per heavy atom. The quantitative estimate of drug-likeness (QED) is 0.642. The van der Waals surface area contributed by atoms with Crippen LogP contribution >= 0.6 is 39.1 Å². The van der Waals surface area contributed by atoms with E-state index in [1.54, 1.807) is 30.3 Å². The first kappa shape index (κ1) is 14.6. The highest BCUT2D eigenvalue weighted by Gasteiger charge is 2.19. The molecule has 0 saturated carbocycles. The summed E-state index contributed by atoms with van der Waals surface area (Å²) in [4.78, 5) is -0.371. The molecule has 1 nitrogen and oxygen atoms in total. The lowest BCUT2D eigenvalue weighted by molar-refractivity contribution is 0.415. The van der Waals surface area contributed by atoms with Crippen molar-refractivity contribution in [3.05, 3.63) is 63.4 Å². The van der Waals surface area contributed by atoms with Crippen LogP contribution in [0.4, 0.5) is 4.39 Å². The predicted molar refractivity (Wildman–Crippen MR) is 80.2 cm³/mol. The molecule has 0 aromatic heterocycles. The van der Waals surface area contributed by atoms with Gasteiger partial charge in [0.25, 0.3) is 0 Å². The number of rotatable bonds is 3. The molecule has 5 heteroatoms. The first-order chi connectivity index (χ1) is 9.04. The summed E-state index contributed by atoms with van der Waals surface area (Å²) in [7, 11) is 1.51. The van der Waals surface area contributed by atoms with Crippen LogP contribution in [0.15, 0.2) is 36.4 Å². The van der Waals surface area contributed by atoms with E-state index < -0.39 is 0 Å². The van der Waals surface area contributed by atoms with Gasteiger partial charge in [-0.05, 0) is 17.7 Å². The van der Waals surface area contributed by atoms with Gasteiger partial charge in [0.1, 0.15) is 11.6 Å². The van der Waals surface area contributed by atoms with Gasteiger partial charge in [-0.2, -0.15) is 0 Å². The van der Waals surface area contributed by atoms with Crippen LogP contribution in [0.1, 0.15) is 16.0 Å². The van der Waals surface area contributed by atoms with E-state index in [-0.39, 0.29) is 10.6 Å². The van der Waals surface area contributed by atoms with E-state index in [1.165, 1.54) is 13.2 Å². The lowest BCUT2D eigenvalue weighted by Crippen LogP contribution is -1.98. The van der Waals surface area contributed by atoms with Crippen molar-refractivity contribution in [3.63, 3.8) is 0 Å². The van der Waals surface area contributed by atoms with Crippen LogP contribution < -0.4 is 4.74 Å². The van der Waals surface area contributed by atoms with Crippen molar-refractivity contribution in [1.29, 1.82) is 0 Å². The van der Waals surface area contributed by atoms with Gasteiger partial charge >= 0.3 is 0 Å². The molecule has 0 aliphatic rings. The number of alkyl halides is 1. The molecule has 0 spiro atoms. The average Bonchev–Trinajstić information content (AvgIpc) is 2.40. The highest BCUT2D eigenvalue weighted by Crippen LogP contribution is 2.40. The molecule has 19 heavy (non-hydrogen) atoms. The summed E-state index contributed by atoms with van der Waals surface area (Å²) < 4.78 is 18.9. The fourth-order valence-electron chi connectivity index (χ4n) is 1.74. The van der Waals surface area contributed by atoms with E-state index in [2.05, 4.69) is 15.9 Å². The Balaban J connectivity index is 2.48. The Morgan fingerprint density at radius 1 is 1.11 bits per heavy atom. The Morgan fingerprint density at radius 2 is 1.79 bits per heavy atom. The summed E-state index contributed by atoms with van der Waals surface area (Å²) >= 11 is 15.7. The number of methoxy groups -OCH3 is 1. The molecular formula is C14H10BrCl2FO. The maximum Gasteiger partial charge on any atom is 0.138 e. The number of halogens is 4. The third-order valence-corrected chi connectivity index (χ3v) is 4.33. The molecule has 0 aliphatic carbocycles. The topological polar surface area (TPSA) is 9.23 Å². The normalized spacial score (nSPS) is 12.3. The number of hydrogen-bond acceptors (Lipinski definition) is 1. The summed E-state index contributed by atoms with van der Waals surface area (Å²) in [6.45, 7) is 0. The van der Waals surface area contributed by atoms with Crippen molar-refractivity contribution >= 4 is 39.1 Å². The average molecular weight is 364 g/mol. The van der Waals surface area contributed by atoms with E-state index in [1.807, 2.05) is 0 Å². The van der Waals surface area contributed by atoms with Crippen LogP contribution in [0.25, 0.3) is 0 Å². The second kappa shape index (κ2) is 6.12. The highest BCUT2D eigenvalue weighted by molar-refractivity contribution is 9.09. The number of benzene rings is 2. The summed E-state index contributed by atoms with van der Waals surface area (Å²) in [5.74, 6) is 0.191. The molecule has 100 valence electrons. The van der Waals surface area contributed by atoms with Crippen molar-refractivity contribution in [2.75, 3.05) is 7.11 Å². The minimum Gasteiger partial charge on any atom is -0.495 e. The summed E-state index contributed by atoms with van der Waals surface area (Å²) in [5.41, 5.74) is 1.20. The van der Waals surface area contributed by atoms with Gasteiger partial charge in [-0.3, -0.25) is 0 Å². The SMILES string of the molecule is COc1cc(Cl)c(C(Br)c2ccccc2F)cc1Cl. The van der Waals surface area contributed by atoms with E-state index in [4.69, 9.17) is 27.9 Å². The lowest BCUT2D eigenvalue weighted by atomic mass is 10.0. The minimum atomic E-state index is -0.371. The third-order valence-electron chi connectivity index (χ3n) is 2.72. The summed E-state index contributed by atoms with van der Waals surface area (Å²) in [6, 6.07) is 9.81. The van der Waals surface area contributed by atoms with Crippen LogP contribution in [-0.4, -0.2) is 7.11 Å². The third kappa shape index (κ3) is 3.04. The molecule has 1 atom stereocenters. The molecule has 0 radical (unpaired) electrons. The Labute approximate surface area is 129 Å². The maximum atomic E-state index is 13.8. The van der Waals surface area contributed by atoms with Crippen LogP contribution in [0.5, 0.6) is 5.75 Å². The van der Waals surface area contributed by atoms with Gasteiger partial charge in [-0.15, -0.1) is 0 Å². The number of hydrogen-bond donors (Lipinski definition) is 0. The number of ether oxygens (including phenoxy) is 1. The van der Waals surface area contributed by atoms with Gasteiger partial charge in [-0.1, -0.05) is 57.3 Å². The van der Waals surface area contributed by atoms with Gasteiger partial charge in [0, 0.05) is 16.7 Å². The Bertz CT molecular complexity index is 604. The molecule has 2 rings (SSSR count). The molecular weight excluding hydrogens is 354 g/mol. The Kier molecular flexibility index (Phi) is 4.71. The van der Waals surface area contributed by atoms with E-state index >= 15 is 0 Å². The van der Waals surface area contributed by atoms with Gasteiger partial charge in [0.05, 0.1) is 17.0 Å². The first-order valence-corrected chi connectivity index (χ1v) is 7.13. The molecule has 0 aliphatic heterocycles. The smallest absolute Gasteiger partial charge is 0.138 e. The van der Waals surface area contributed by atoms with Crippen molar-refractivity contribution in [1.82, 2.24) is 0 Å². The molecule has 2 aromatic rings. The largest absolute Gasteiger partial charge is 0.495 e. The van der Waals surface area contributed by atoms with Crippen molar-refractivity contribution in [3.8, 4) is 5.75 Å². The van der Waals surface area contributed by atoms with Crippen molar-refractivity contribution in [2.45, 2.75) is 4.83 Å². The van der Waals surface area contributed by atoms with Crippen LogP contribution in [0.3, 0.4) is 0 Å². The lowest BCUT2D eigenvalue weighted by Gasteiger charge is -2.15. The zero-order valence-electron chi connectivity index (χ0n) is 9.96. The van der Waals surface area contributed by atoms with E-state index in [9.17, 15) is 4.39 Å². The zero-order valence-corrected chi connectivity index (χ0v) is 13.1. The van der Waals surface area contributed by atoms with E-state index in [0.29, 0.717) is 26.9 Å². The molecule has 0 amide bonds. The molecule has 2 aromatic carbocycles. The molecule has 1 unspecified atom stereocenters. The minimum absolute atomic E-state index is 0.299. The van der Waals surface area contributed by atoms with Gasteiger partial charge in [-0.25, -0.2) is 4.39 Å². The van der Waals surface area contributed by atoms with Crippen LogP contribution in [0.2, 0.25) is 10.0 Å². The van der Waals surface area contributed by atoms with Crippen LogP contribution in [-0.2, 0) is 0 Å². The molecule has 0 bridgehead atoms. The van der Waals surface area contributed by atoms with Crippen LogP contribution in [0, 0.1) is 5.82 Å². The second-order valence-electron chi connectivity index (χ2n) is 3.89. The predicted octanol–water partition coefficient (Wildman–Crippen LogP) is 5.63. The molecule has 0 saturated heterocycles. The zero-order chi connectivity index (χ0) is 14.0. The molecule has 0 N–H and O–H groups in total. The van der Waals surface area contributed by atoms with E-state index in [0.717, 1.165) is 0 Å². The maximum absolute atomic E-state index is 13.8. The fourth-order valence-corrected chi connectivity index (χ4v) is 3.14. The Hall–Kier alpha value is -0.770. The van der Waals surface area contributed by atoms with Gasteiger partial charge in [0.2, 0.25) is 0 Å².